The number of carbonyl (C=O) groups is 1. The van der Waals surface area contributed by atoms with Crippen LogP contribution in [0.5, 0.6) is 0 Å². The van der Waals surface area contributed by atoms with Crippen molar-refractivity contribution in [3.8, 4) is 0 Å². The standard InChI is InChI=1S/C10H12N2OS/c1-7-4-5-11-10(12-7)14-6-9(13)8-2-3-8/h4-5,8H,2-3,6H2,1H3. The highest BCUT2D eigenvalue weighted by Crippen LogP contribution is 2.31. The summed E-state index contributed by atoms with van der Waals surface area (Å²) >= 11 is 1.44. The number of thioether (sulfide) groups is 1. The van der Waals surface area contributed by atoms with Crippen LogP contribution in [0.4, 0.5) is 0 Å². The average molecular weight is 208 g/mol. The van der Waals surface area contributed by atoms with Crippen molar-refractivity contribution in [3.63, 3.8) is 0 Å². The van der Waals surface area contributed by atoms with Crippen molar-refractivity contribution in [3.05, 3.63) is 18.0 Å². The highest BCUT2D eigenvalue weighted by Gasteiger charge is 2.29. The Hall–Kier alpha value is -0.900. The van der Waals surface area contributed by atoms with Gasteiger partial charge in [-0.15, -0.1) is 0 Å². The maximum absolute atomic E-state index is 11.4. The summed E-state index contributed by atoms with van der Waals surface area (Å²) in [6.07, 6.45) is 3.88. The van der Waals surface area contributed by atoms with E-state index < -0.39 is 0 Å². The second-order valence-corrected chi connectivity index (χ2v) is 4.45. The second kappa shape index (κ2) is 4.09. The third-order valence-electron chi connectivity index (χ3n) is 2.15. The zero-order valence-electron chi connectivity index (χ0n) is 8.06. The van der Waals surface area contributed by atoms with Gasteiger partial charge in [-0.2, -0.15) is 0 Å². The van der Waals surface area contributed by atoms with E-state index in [1.54, 1.807) is 6.20 Å². The Morgan fingerprint density at radius 2 is 2.43 bits per heavy atom. The Kier molecular flexibility index (Phi) is 2.82. The molecule has 0 radical (unpaired) electrons. The van der Waals surface area contributed by atoms with Crippen LogP contribution in [0.3, 0.4) is 0 Å². The molecular formula is C10H12N2OS. The van der Waals surface area contributed by atoms with Crippen molar-refractivity contribution in [2.75, 3.05) is 5.75 Å². The van der Waals surface area contributed by atoms with Gasteiger partial charge in [-0.25, -0.2) is 9.97 Å². The lowest BCUT2D eigenvalue weighted by Gasteiger charge is -1.99. The number of aromatic nitrogens is 2. The van der Waals surface area contributed by atoms with Gasteiger partial charge in [0.1, 0.15) is 5.78 Å². The summed E-state index contributed by atoms with van der Waals surface area (Å²) in [7, 11) is 0. The van der Waals surface area contributed by atoms with Gasteiger partial charge in [-0.05, 0) is 25.8 Å². The third kappa shape index (κ3) is 2.54. The van der Waals surface area contributed by atoms with Crippen LogP contribution in [0.15, 0.2) is 17.4 Å². The molecule has 0 amide bonds. The number of Topliss-reactive ketones (excluding diaryl/α,β-unsaturated/α-hetero) is 1. The second-order valence-electron chi connectivity index (χ2n) is 3.51. The molecule has 4 heteroatoms. The van der Waals surface area contributed by atoms with E-state index in [2.05, 4.69) is 9.97 Å². The molecule has 1 aromatic rings. The van der Waals surface area contributed by atoms with Gasteiger partial charge in [-0.3, -0.25) is 4.79 Å². The van der Waals surface area contributed by atoms with E-state index in [4.69, 9.17) is 0 Å². The summed E-state index contributed by atoms with van der Waals surface area (Å²) in [5.41, 5.74) is 0.946. The maximum atomic E-state index is 11.4. The number of rotatable bonds is 4. The van der Waals surface area contributed by atoms with Crippen LogP contribution in [0.25, 0.3) is 0 Å². The number of carbonyl (C=O) groups excluding carboxylic acids is 1. The van der Waals surface area contributed by atoms with E-state index in [-0.39, 0.29) is 0 Å². The fraction of sp³-hybridized carbons (Fsp3) is 0.500. The van der Waals surface area contributed by atoms with Gasteiger partial charge < -0.3 is 0 Å². The molecule has 1 aliphatic carbocycles. The summed E-state index contributed by atoms with van der Waals surface area (Å²) in [4.78, 5) is 19.7. The van der Waals surface area contributed by atoms with Gasteiger partial charge >= 0.3 is 0 Å². The molecule has 2 rings (SSSR count). The first-order chi connectivity index (χ1) is 6.75. The van der Waals surface area contributed by atoms with E-state index in [0.717, 1.165) is 18.5 Å². The molecule has 74 valence electrons. The Morgan fingerprint density at radius 3 is 3.07 bits per heavy atom. The fourth-order valence-electron chi connectivity index (χ4n) is 1.15. The largest absolute Gasteiger partial charge is 0.298 e. The van der Waals surface area contributed by atoms with E-state index in [1.165, 1.54) is 11.8 Å². The number of nitrogens with zero attached hydrogens (tertiary/aromatic N) is 2. The van der Waals surface area contributed by atoms with Crippen LogP contribution in [0, 0.1) is 12.8 Å². The third-order valence-corrected chi connectivity index (χ3v) is 3.03. The maximum Gasteiger partial charge on any atom is 0.188 e. The number of hydrogen-bond donors (Lipinski definition) is 0. The molecule has 0 N–H and O–H groups in total. The van der Waals surface area contributed by atoms with Crippen LogP contribution in [-0.4, -0.2) is 21.5 Å². The van der Waals surface area contributed by atoms with Crippen molar-refractivity contribution < 1.29 is 4.79 Å². The lowest BCUT2D eigenvalue weighted by atomic mass is 10.3. The predicted octanol–water partition coefficient (Wildman–Crippen LogP) is 1.86. The summed E-state index contributed by atoms with van der Waals surface area (Å²) < 4.78 is 0. The van der Waals surface area contributed by atoms with Crippen molar-refractivity contribution in [2.24, 2.45) is 5.92 Å². The first kappa shape index (κ1) is 9.65. The first-order valence-corrected chi connectivity index (χ1v) is 5.69. The van der Waals surface area contributed by atoms with E-state index in [0.29, 0.717) is 22.6 Å². The molecule has 1 saturated carbocycles. The summed E-state index contributed by atoms with van der Waals surface area (Å²) in [5.74, 6) is 1.21. The lowest BCUT2D eigenvalue weighted by molar-refractivity contribution is -0.117. The minimum atomic E-state index is 0.340. The minimum Gasteiger partial charge on any atom is -0.298 e. The molecule has 1 fully saturated rings. The molecule has 0 aliphatic heterocycles. The number of ketones is 1. The van der Waals surface area contributed by atoms with Crippen LogP contribution in [-0.2, 0) is 4.79 Å². The molecule has 14 heavy (non-hydrogen) atoms. The summed E-state index contributed by atoms with van der Waals surface area (Å²) in [6.45, 7) is 1.93. The molecular weight excluding hydrogens is 196 g/mol. The Morgan fingerprint density at radius 1 is 1.64 bits per heavy atom. The van der Waals surface area contributed by atoms with E-state index in [1.807, 2.05) is 13.0 Å². The molecule has 0 atom stereocenters. The highest BCUT2D eigenvalue weighted by atomic mass is 32.2. The zero-order valence-corrected chi connectivity index (χ0v) is 8.88. The zero-order chi connectivity index (χ0) is 9.97. The number of aryl methyl sites for hydroxylation is 1. The normalized spacial score (nSPS) is 15.5. The van der Waals surface area contributed by atoms with Crippen molar-refractivity contribution >= 4 is 17.5 Å². The molecule has 0 bridgehead atoms. The SMILES string of the molecule is Cc1ccnc(SCC(=O)C2CC2)n1. The smallest absolute Gasteiger partial charge is 0.188 e. The minimum absolute atomic E-state index is 0.340. The Labute approximate surface area is 87.3 Å². The van der Waals surface area contributed by atoms with Gasteiger partial charge in [0, 0.05) is 17.8 Å². The fourth-order valence-corrected chi connectivity index (χ4v) is 2.01. The average Bonchev–Trinajstić information content (AvgIpc) is 2.97. The number of hydrogen-bond acceptors (Lipinski definition) is 4. The molecule has 0 aromatic carbocycles. The quantitative estimate of drug-likeness (QED) is 0.559. The summed E-state index contributed by atoms with van der Waals surface area (Å²) in [6, 6.07) is 1.85. The highest BCUT2D eigenvalue weighted by molar-refractivity contribution is 7.99. The van der Waals surface area contributed by atoms with Gasteiger partial charge in [0.25, 0.3) is 0 Å². The van der Waals surface area contributed by atoms with Crippen LogP contribution in [0.2, 0.25) is 0 Å². The molecule has 1 aliphatic rings. The van der Waals surface area contributed by atoms with Gasteiger partial charge in [0.2, 0.25) is 0 Å². The summed E-state index contributed by atoms with van der Waals surface area (Å²) in [5, 5.41) is 0.707. The van der Waals surface area contributed by atoms with Crippen molar-refractivity contribution in [1.82, 2.24) is 9.97 Å². The van der Waals surface area contributed by atoms with Crippen LogP contribution in [0.1, 0.15) is 18.5 Å². The molecule has 0 spiro atoms. The Balaban J connectivity index is 1.87. The Bertz CT molecular complexity index is 350. The van der Waals surface area contributed by atoms with Crippen LogP contribution >= 0.6 is 11.8 Å². The van der Waals surface area contributed by atoms with Crippen molar-refractivity contribution in [2.45, 2.75) is 24.9 Å². The molecule has 0 unspecified atom stereocenters. The topological polar surface area (TPSA) is 42.9 Å². The van der Waals surface area contributed by atoms with E-state index in [9.17, 15) is 4.79 Å². The molecule has 1 aromatic heterocycles. The van der Waals surface area contributed by atoms with Gasteiger partial charge in [-0.1, -0.05) is 11.8 Å². The molecule has 0 saturated heterocycles. The van der Waals surface area contributed by atoms with Gasteiger partial charge in [0.15, 0.2) is 5.16 Å². The predicted molar refractivity (Wildman–Crippen MR) is 55.2 cm³/mol. The van der Waals surface area contributed by atoms with Crippen LogP contribution < -0.4 is 0 Å². The van der Waals surface area contributed by atoms with E-state index >= 15 is 0 Å². The first-order valence-electron chi connectivity index (χ1n) is 4.71. The van der Waals surface area contributed by atoms with Gasteiger partial charge in [0.05, 0.1) is 5.75 Å². The molecule has 1 heterocycles. The lowest BCUT2D eigenvalue weighted by Crippen LogP contribution is -2.04. The molecule has 3 nitrogen and oxygen atoms in total. The monoisotopic (exact) mass is 208 g/mol. The van der Waals surface area contributed by atoms with Crippen molar-refractivity contribution in [1.29, 1.82) is 0 Å².